The quantitative estimate of drug-likeness (QED) is 0.492. The monoisotopic (exact) mass is 443 g/mol. The third kappa shape index (κ3) is 4.98. The van der Waals surface area contributed by atoms with Crippen LogP contribution >= 0.6 is 0 Å². The van der Waals surface area contributed by atoms with Crippen molar-refractivity contribution in [3.8, 4) is 17.1 Å². The maximum Gasteiger partial charge on any atom is 0.270 e. The maximum absolute atomic E-state index is 13.0. The van der Waals surface area contributed by atoms with E-state index in [1.807, 2.05) is 56.0 Å². The number of pyridine rings is 2. The lowest BCUT2D eigenvalue weighted by molar-refractivity contribution is 0.0694. The molecule has 1 saturated heterocycles. The highest BCUT2D eigenvalue weighted by Crippen LogP contribution is 2.19. The molecule has 0 aliphatic carbocycles. The Bertz CT molecular complexity index is 1230. The second-order valence-corrected chi connectivity index (χ2v) is 8.16. The molecule has 33 heavy (non-hydrogen) atoms. The Morgan fingerprint density at radius 2 is 2.03 bits per heavy atom. The number of nitrogens with zero attached hydrogens (tertiary/aromatic N) is 6. The molecule has 0 radical (unpaired) electrons. The fourth-order valence-corrected chi connectivity index (χ4v) is 3.90. The van der Waals surface area contributed by atoms with Crippen LogP contribution in [-0.4, -0.2) is 54.7 Å². The molecular weight excluding hydrogens is 418 g/mol. The Morgan fingerprint density at radius 3 is 2.73 bits per heavy atom. The molecule has 4 aromatic heterocycles. The van der Waals surface area contributed by atoms with Gasteiger partial charge in [-0.1, -0.05) is 6.07 Å². The van der Waals surface area contributed by atoms with E-state index in [4.69, 9.17) is 4.74 Å². The number of hydrogen-bond acceptors (Lipinski definition) is 6. The number of carbonyl (C=O) groups is 1. The molecule has 0 atom stereocenters. The Morgan fingerprint density at radius 1 is 1.15 bits per heavy atom. The van der Waals surface area contributed by atoms with E-state index in [2.05, 4.69) is 25.5 Å². The van der Waals surface area contributed by atoms with Gasteiger partial charge in [0.2, 0.25) is 0 Å². The molecule has 5 heterocycles. The van der Waals surface area contributed by atoms with Crippen LogP contribution in [0.2, 0.25) is 0 Å². The van der Waals surface area contributed by atoms with Crippen molar-refractivity contribution in [3.63, 3.8) is 0 Å². The lowest BCUT2D eigenvalue weighted by Gasteiger charge is -2.23. The SMILES string of the molecule is Cn1cc(-c2ccc(Cc3cc(C(=O)NC4CCOCC4)nc(-n4cccn4)c3)cn2)cn1. The lowest BCUT2D eigenvalue weighted by atomic mass is 10.0. The smallest absolute Gasteiger partial charge is 0.270 e. The topological polar surface area (TPSA) is 99.8 Å². The van der Waals surface area contributed by atoms with Gasteiger partial charge in [-0.2, -0.15) is 10.2 Å². The van der Waals surface area contributed by atoms with Crippen molar-refractivity contribution in [2.24, 2.45) is 7.05 Å². The van der Waals surface area contributed by atoms with E-state index < -0.39 is 0 Å². The summed E-state index contributed by atoms with van der Waals surface area (Å²) in [5.74, 6) is 0.428. The third-order valence-electron chi connectivity index (χ3n) is 5.63. The summed E-state index contributed by atoms with van der Waals surface area (Å²) in [6.45, 7) is 1.33. The minimum atomic E-state index is -0.179. The summed E-state index contributed by atoms with van der Waals surface area (Å²) in [6, 6.07) is 9.77. The van der Waals surface area contributed by atoms with Crippen LogP contribution in [0.4, 0.5) is 0 Å². The molecule has 0 unspecified atom stereocenters. The average Bonchev–Trinajstić information content (AvgIpc) is 3.52. The Hall–Kier alpha value is -3.85. The van der Waals surface area contributed by atoms with Crippen LogP contribution in [0.5, 0.6) is 0 Å². The second kappa shape index (κ2) is 9.33. The number of amides is 1. The Kier molecular flexibility index (Phi) is 5.95. The Labute approximate surface area is 191 Å². The molecular formula is C24H25N7O2. The molecule has 1 aliphatic rings. The number of carbonyl (C=O) groups excluding carboxylic acids is 1. The highest BCUT2D eigenvalue weighted by Gasteiger charge is 2.19. The predicted octanol–water partition coefficient (Wildman–Crippen LogP) is 2.56. The van der Waals surface area contributed by atoms with Gasteiger partial charge >= 0.3 is 0 Å². The van der Waals surface area contributed by atoms with Crippen molar-refractivity contribution in [2.45, 2.75) is 25.3 Å². The summed E-state index contributed by atoms with van der Waals surface area (Å²) in [5.41, 5.74) is 4.22. The van der Waals surface area contributed by atoms with Gasteiger partial charge in [0.1, 0.15) is 5.69 Å². The van der Waals surface area contributed by atoms with E-state index in [1.54, 1.807) is 21.8 Å². The van der Waals surface area contributed by atoms with Crippen molar-refractivity contribution in [2.75, 3.05) is 13.2 Å². The van der Waals surface area contributed by atoms with Gasteiger partial charge in [0.15, 0.2) is 5.82 Å². The molecule has 9 nitrogen and oxygen atoms in total. The molecule has 1 aliphatic heterocycles. The normalized spacial score (nSPS) is 14.3. The number of aromatic nitrogens is 6. The third-order valence-corrected chi connectivity index (χ3v) is 5.63. The number of aryl methyl sites for hydroxylation is 1. The predicted molar refractivity (Wildman–Crippen MR) is 122 cm³/mol. The highest BCUT2D eigenvalue weighted by molar-refractivity contribution is 5.93. The molecule has 1 amide bonds. The standard InChI is InChI=1S/C24H25N7O2/c1-30-16-19(15-27-30)21-4-3-17(14-25-21)11-18-12-22(24(32)28-20-5-9-33-10-6-20)29-23(13-18)31-8-2-7-26-31/h2-4,7-8,12-16,20H,5-6,9-11H2,1H3,(H,28,32). The van der Waals surface area contributed by atoms with E-state index in [-0.39, 0.29) is 11.9 Å². The van der Waals surface area contributed by atoms with Crippen LogP contribution in [0, 0.1) is 0 Å². The Balaban J connectivity index is 1.39. The average molecular weight is 444 g/mol. The van der Waals surface area contributed by atoms with Gasteiger partial charge in [-0.3, -0.25) is 14.5 Å². The molecule has 1 N–H and O–H groups in total. The number of ether oxygens (including phenoxy) is 1. The van der Waals surface area contributed by atoms with E-state index >= 15 is 0 Å². The van der Waals surface area contributed by atoms with Crippen LogP contribution in [0.25, 0.3) is 17.1 Å². The summed E-state index contributed by atoms with van der Waals surface area (Å²) in [5, 5.41) is 11.6. The van der Waals surface area contributed by atoms with Gasteiger partial charge in [0.25, 0.3) is 5.91 Å². The molecule has 168 valence electrons. The zero-order valence-electron chi connectivity index (χ0n) is 18.4. The molecule has 0 saturated carbocycles. The largest absolute Gasteiger partial charge is 0.381 e. The van der Waals surface area contributed by atoms with Gasteiger partial charge in [-0.05, 0) is 54.7 Å². The van der Waals surface area contributed by atoms with Gasteiger partial charge in [-0.15, -0.1) is 0 Å². The minimum absolute atomic E-state index is 0.106. The van der Waals surface area contributed by atoms with Crippen molar-refractivity contribution in [3.05, 3.63) is 78.1 Å². The fraction of sp³-hybridized carbons (Fsp3) is 0.292. The first-order chi connectivity index (χ1) is 16.1. The van der Waals surface area contributed by atoms with Gasteiger partial charge < -0.3 is 10.1 Å². The van der Waals surface area contributed by atoms with Crippen LogP contribution in [0.1, 0.15) is 34.5 Å². The molecule has 0 aromatic carbocycles. The first-order valence-electron chi connectivity index (χ1n) is 11.0. The van der Waals surface area contributed by atoms with Crippen LogP contribution in [0.15, 0.2) is 61.3 Å². The summed E-state index contributed by atoms with van der Waals surface area (Å²) < 4.78 is 8.81. The summed E-state index contributed by atoms with van der Waals surface area (Å²) in [4.78, 5) is 22.1. The van der Waals surface area contributed by atoms with E-state index in [0.29, 0.717) is 31.1 Å². The highest BCUT2D eigenvalue weighted by atomic mass is 16.5. The summed E-state index contributed by atoms with van der Waals surface area (Å²) in [7, 11) is 1.88. The van der Waals surface area contributed by atoms with Crippen LogP contribution < -0.4 is 5.32 Å². The van der Waals surface area contributed by atoms with Crippen molar-refractivity contribution < 1.29 is 9.53 Å². The molecule has 0 bridgehead atoms. The second-order valence-electron chi connectivity index (χ2n) is 8.16. The number of hydrogen-bond donors (Lipinski definition) is 1. The zero-order valence-corrected chi connectivity index (χ0v) is 18.4. The molecule has 0 spiro atoms. The van der Waals surface area contributed by atoms with Crippen molar-refractivity contribution in [1.29, 1.82) is 0 Å². The van der Waals surface area contributed by atoms with E-state index in [1.165, 1.54) is 0 Å². The molecule has 1 fully saturated rings. The number of rotatable bonds is 6. The van der Waals surface area contributed by atoms with E-state index in [9.17, 15) is 4.79 Å². The fourth-order valence-electron chi connectivity index (χ4n) is 3.90. The molecule has 5 rings (SSSR count). The van der Waals surface area contributed by atoms with Crippen molar-refractivity contribution in [1.82, 2.24) is 34.8 Å². The van der Waals surface area contributed by atoms with Crippen LogP contribution in [-0.2, 0) is 18.2 Å². The number of nitrogens with one attached hydrogen (secondary N) is 1. The van der Waals surface area contributed by atoms with Crippen molar-refractivity contribution >= 4 is 5.91 Å². The van der Waals surface area contributed by atoms with E-state index in [0.717, 1.165) is 35.2 Å². The maximum atomic E-state index is 13.0. The summed E-state index contributed by atoms with van der Waals surface area (Å²) >= 11 is 0. The minimum Gasteiger partial charge on any atom is -0.381 e. The zero-order chi connectivity index (χ0) is 22.6. The first kappa shape index (κ1) is 21.0. The van der Waals surface area contributed by atoms with Gasteiger partial charge in [0.05, 0.1) is 11.9 Å². The molecule has 4 aromatic rings. The van der Waals surface area contributed by atoms with Gasteiger partial charge in [0, 0.05) is 56.7 Å². The first-order valence-corrected chi connectivity index (χ1v) is 11.0. The summed E-state index contributed by atoms with van der Waals surface area (Å²) in [6.07, 6.45) is 11.3. The van der Waals surface area contributed by atoms with Crippen LogP contribution in [0.3, 0.4) is 0 Å². The molecule has 9 heteroatoms. The van der Waals surface area contributed by atoms with Gasteiger partial charge in [-0.25, -0.2) is 9.67 Å². The lowest BCUT2D eigenvalue weighted by Crippen LogP contribution is -2.39.